The molecule has 2 aromatic rings. The molecule has 0 heterocycles. The molecule has 0 radical (unpaired) electrons. The first kappa shape index (κ1) is 22.6. The molecule has 29 heavy (non-hydrogen) atoms. The number of carbonyl (C=O) groups is 1. The molecule has 0 saturated heterocycles. The van der Waals surface area contributed by atoms with Crippen molar-refractivity contribution in [1.29, 1.82) is 0 Å². The SMILES string of the molecule is CON(C)S(=O)(=O)c1cc(C(=O)NCCNc2ccccc2[N+](=O)[O-])ccc1Cl. The number of para-hydroxylation sites is 2. The molecule has 2 rings (SSSR count). The van der Waals surface area contributed by atoms with Crippen LogP contribution in [0, 0.1) is 10.1 Å². The quantitative estimate of drug-likeness (QED) is 0.346. The van der Waals surface area contributed by atoms with Crippen LogP contribution in [0.3, 0.4) is 0 Å². The van der Waals surface area contributed by atoms with E-state index in [4.69, 9.17) is 16.4 Å². The number of nitrogens with one attached hydrogen (secondary N) is 2. The first-order valence-corrected chi connectivity index (χ1v) is 10.1. The van der Waals surface area contributed by atoms with Gasteiger partial charge in [0.2, 0.25) is 0 Å². The molecular formula is C17H19ClN4O6S. The molecule has 2 aromatic carbocycles. The normalized spacial score (nSPS) is 11.3. The summed E-state index contributed by atoms with van der Waals surface area (Å²) in [6.07, 6.45) is 0. The summed E-state index contributed by atoms with van der Waals surface area (Å²) in [5.41, 5.74) is 0.339. The molecule has 0 aliphatic rings. The molecule has 0 unspecified atom stereocenters. The lowest BCUT2D eigenvalue weighted by atomic mass is 10.2. The molecule has 0 atom stereocenters. The molecule has 0 bridgehead atoms. The Bertz CT molecular complexity index is 1010. The number of hydrogen-bond acceptors (Lipinski definition) is 7. The van der Waals surface area contributed by atoms with Crippen molar-refractivity contribution in [1.82, 2.24) is 9.79 Å². The number of sulfonamides is 1. The van der Waals surface area contributed by atoms with Gasteiger partial charge in [-0.2, -0.15) is 0 Å². The molecule has 156 valence electrons. The fourth-order valence-corrected chi connectivity index (χ4v) is 3.81. The van der Waals surface area contributed by atoms with E-state index in [1.807, 2.05) is 0 Å². The van der Waals surface area contributed by atoms with Crippen LogP contribution < -0.4 is 10.6 Å². The Labute approximate surface area is 172 Å². The molecule has 2 N–H and O–H groups in total. The van der Waals surface area contributed by atoms with E-state index in [0.29, 0.717) is 10.2 Å². The van der Waals surface area contributed by atoms with E-state index in [1.54, 1.807) is 18.2 Å². The average molecular weight is 443 g/mol. The van der Waals surface area contributed by atoms with Crippen molar-refractivity contribution in [2.24, 2.45) is 0 Å². The van der Waals surface area contributed by atoms with Crippen LogP contribution in [0.5, 0.6) is 0 Å². The molecular weight excluding hydrogens is 424 g/mol. The Hall–Kier alpha value is -2.73. The Kier molecular flexibility index (Phi) is 7.51. The van der Waals surface area contributed by atoms with Gasteiger partial charge in [0.15, 0.2) is 0 Å². The first-order chi connectivity index (χ1) is 13.7. The zero-order chi connectivity index (χ0) is 21.6. The van der Waals surface area contributed by atoms with E-state index in [9.17, 15) is 23.3 Å². The topological polar surface area (TPSA) is 131 Å². The van der Waals surface area contributed by atoms with Gasteiger partial charge >= 0.3 is 0 Å². The van der Waals surface area contributed by atoms with E-state index >= 15 is 0 Å². The maximum Gasteiger partial charge on any atom is 0.292 e. The molecule has 0 fully saturated rings. The minimum atomic E-state index is -4.03. The third kappa shape index (κ3) is 5.41. The number of rotatable bonds is 9. The summed E-state index contributed by atoms with van der Waals surface area (Å²) in [5, 5.41) is 16.4. The van der Waals surface area contributed by atoms with Crippen LogP contribution in [0.25, 0.3) is 0 Å². The van der Waals surface area contributed by atoms with E-state index in [1.165, 1.54) is 32.4 Å². The first-order valence-electron chi connectivity index (χ1n) is 8.26. The third-order valence-corrected chi connectivity index (χ3v) is 6.05. The third-order valence-electron chi connectivity index (χ3n) is 3.89. The van der Waals surface area contributed by atoms with Gasteiger partial charge in [0.25, 0.3) is 21.6 Å². The van der Waals surface area contributed by atoms with E-state index in [-0.39, 0.29) is 34.3 Å². The van der Waals surface area contributed by atoms with Crippen LogP contribution in [0.15, 0.2) is 47.4 Å². The molecule has 10 nitrogen and oxygen atoms in total. The van der Waals surface area contributed by atoms with Crippen molar-refractivity contribution in [3.8, 4) is 0 Å². The summed E-state index contributed by atoms with van der Waals surface area (Å²) in [6.45, 7) is 0.370. The predicted octanol–water partition coefficient (Wildman–Crippen LogP) is 2.27. The maximum absolute atomic E-state index is 12.4. The monoisotopic (exact) mass is 442 g/mol. The lowest BCUT2D eigenvalue weighted by Crippen LogP contribution is -2.30. The van der Waals surface area contributed by atoms with Crippen LogP contribution in [0.1, 0.15) is 10.4 Å². The average Bonchev–Trinajstić information content (AvgIpc) is 2.70. The largest absolute Gasteiger partial charge is 0.378 e. The van der Waals surface area contributed by atoms with Crippen molar-refractivity contribution >= 4 is 38.9 Å². The van der Waals surface area contributed by atoms with Gasteiger partial charge in [-0.3, -0.25) is 19.7 Å². The van der Waals surface area contributed by atoms with Crippen molar-refractivity contribution < 1.29 is 23.0 Å². The number of halogens is 1. The number of anilines is 1. The highest BCUT2D eigenvalue weighted by Gasteiger charge is 2.25. The highest BCUT2D eigenvalue weighted by molar-refractivity contribution is 7.89. The van der Waals surface area contributed by atoms with Crippen LogP contribution in [0.4, 0.5) is 11.4 Å². The summed E-state index contributed by atoms with van der Waals surface area (Å²) < 4.78 is 25.4. The number of hydrogen-bond donors (Lipinski definition) is 2. The number of hydroxylamine groups is 1. The van der Waals surface area contributed by atoms with Gasteiger partial charge in [-0.1, -0.05) is 28.2 Å². The summed E-state index contributed by atoms with van der Waals surface area (Å²) in [6, 6.07) is 9.98. The minimum Gasteiger partial charge on any atom is -0.378 e. The predicted molar refractivity (Wildman–Crippen MR) is 107 cm³/mol. The Morgan fingerprint density at radius 3 is 2.59 bits per heavy atom. The van der Waals surface area contributed by atoms with Gasteiger partial charge < -0.3 is 10.6 Å². The van der Waals surface area contributed by atoms with Crippen LogP contribution in [0.2, 0.25) is 5.02 Å². The highest BCUT2D eigenvalue weighted by atomic mass is 35.5. The summed E-state index contributed by atoms with van der Waals surface area (Å²) in [4.78, 5) is 27.2. The summed E-state index contributed by atoms with van der Waals surface area (Å²) in [7, 11) is -1.64. The van der Waals surface area contributed by atoms with Crippen LogP contribution in [-0.2, 0) is 14.9 Å². The summed E-state index contributed by atoms with van der Waals surface area (Å²) in [5.74, 6) is -0.525. The molecule has 12 heteroatoms. The van der Waals surface area contributed by atoms with E-state index in [0.717, 1.165) is 6.07 Å². The van der Waals surface area contributed by atoms with Crippen LogP contribution >= 0.6 is 11.6 Å². The Morgan fingerprint density at radius 2 is 1.93 bits per heavy atom. The number of nitro benzene ring substituents is 1. The standard InChI is InChI=1S/C17H19ClN4O6S/c1-21(28-2)29(26,27)16-11-12(7-8-13(16)18)17(23)20-10-9-19-14-5-3-4-6-15(14)22(24)25/h3-8,11,19H,9-10H2,1-2H3,(H,20,23). The van der Waals surface area contributed by atoms with Crippen molar-refractivity contribution in [2.45, 2.75) is 4.90 Å². The lowest BCUT2D eigenvalue weighted by molar-refractivity contribution is -0.384. The van der Waals surface area contributed by atoms with Gasteiger partial charge in [0.1, 0.15) is 10.6 Å². The second-order valence-corrected chi connectivity index (χ2v) is 8.01. The number of carbonyl (C=O) groups excluding carboxylic acids is 1. The maximum atomic E-state index is 12.4. The van der Waals surface area contributed by atoms with E-state index in [2.05, 4.69) is 10.6 Å². The molecule has 0 spiro atoms. The molecule has 1 amide bonds. The van der Waals surface area contributed by atoms with Gasteiger partial charge in [0.05, 0.1) is 17.1 Å². The Balaban J connectivity index is 2.04. The van der Waals surface area contributed by atoms with Gasteiger partial charge in [-0.05, 0) is 24.3 Å². The number of benzene rings is 2. The summed E-state index contributed by atoms with van der Waals surface area (Å²) >= 11 is 5.96. The minimum absolute atomic E-state index is 0.0523. The zero-order valence-electron chi connectivity index (χ0n) is 15.6. The molecule has 0 saturated carbocycles. The second kappa shape index (κ2) is 9.65. The van der Waals surface area contributed by atoms with Crippen molar-refractivity contribution in [3.05, 3.63) is 63.2 Å². The fraction of sp³-hybridized carbons (Fsp3) is 0.235. The molecule has 0 aliphatic heterocycles. The smallest absolute Gasteiger partial charge is 0.292 e. The highest BCUT2D eigenvalue weighted by Crippen LogP contribution is 2.25. The second-order valence-electron chi connectivity index (χ2n) is 5.70. The lowest BCUT2D eigenvalue weighted by Gasteiger charge is -2.16. The number of nitro groups is 1. The number of amides is 1. The van der Waals surface area contributed by atoms with Gasteiger partial charge in [0, 0.05) is 31.8 Å². The zero-order valence-corrected chi connectivity index (χ0v) is 17.2. The fourth-order valence-electron chi connectivity index (χ4n) is 2.34. The number of nitrogens with zero attached hydrogens (tertiary/aromatic N) is 2. The van der Waals surface area contributed by atoms with E-state index < -0.39 is 20.9 Å². The Morgan fingerprint density at radius 1 is 1.24 bits per heavy atom. The van der Waals surface area contributed by atoms with Crippen molar-refractivity contribution in [2.75, 3.05) is 32.6 Å². The van der Waals surface area contributed by atoms with Gasteiger partial charge in [-0.15, -0.1) is 0 Å². The van der Waals surface area contributed by atoms with Crippen molar-refractivity contribution in [3.63, 3.8) is 0 Å². The van der Waals surface area contributed by atoms with Gasteiger partial charge in [-0.25, -0.2) is 8.42 Å². The van der Waals surface area contributed by atoms with Crippen LogP contribution in [-0.4, -0.2) is 51.0 Å². The molecule has 0 aliphatic carbocycles. The molecule has 0 aromatic heterocycles.